The Kier molecular flexibility index (Phi) is 13.9. The lowest BCUT2D eigenvalue weighted by molar-refractivity contribution is 0.505. The van der Waals surface area contributed by atoms with Crippen molar-refractivity contribution in [3.63, 3.8) is 0 Å². The summed E-state index contributed by atoms with van der Waals surface area (Å²) < 4.78 is 0. The van der Waals surface area contributed by atoms with Gasteiger partial charge in [0.05, 0.1) is 6.54 Å². The highest BCUT2D eigenvalue weighted by molar-refractivity contribution is 5.32. The molecule has 0 radical (unpaired) electrons. The van der Waals surface area contributed by atoms with Crippen LogP contribution in [0.1, 0.15) is 84.5 Å². The van der Waals surface area contributed by atoms with E-state index in [1.165, 1.54) is 64.2 Å². The van der Waals surface area contributed by atoms with Gasteiger partial charge in [-0.25, -0.2) is 9.79 Å². The van der Waals surface area contributed by atoms with E-state index in [2.05, 4.69) is 18.8 Å². The van der Waals surface area contributed by atoms with Crippen molar-refractivity contribution in [2.24, 2.45) is 10.9 Å². The van der Waals surface area contributed by atoms with Gasteiger partial charge in [0.2, 0.25) is 6.08 Å². The summed E-state index contributed by atoms with van der Waals surface area (Å²) in [6.45, 7) is 5.28. The molecule has 0 aromatic carbocycles. The van der Waals surface area contributed by atoms with E-state index in [0.29, 0.717) is 6.54 Å². The van der Waals surface area contributed by atoms with Gasteiger partial charge in [0.25, 0.3) is 0 Å². The smallest absolute Gasteiger partial charge is 0.211 e. The summed E-state index contributed by atoms with van der Waals surface area (Å²) in [5.74, 6) is 0.869. The Morgan fingerprint density at radius 2 is 1.22 bits per heavy atom. The molecule has 0 aromatic rings. The van der Waals surface area contributed by atoms with Gasteiger partial charge in [0.15, 0.2) is 0 Å². The zero-order valence-corrected chi connectivity index (χ0v) is 12.4. The van der Waals surface area contributed by atoms with E-state index in [9.17, 15) is 4.79 Å². The summed E-state index contributed by atoms with van der Waals surface area (Å²) in [7, 11) is 0. The van der Waals surface area contributed by atoms with Crippen LogP contribution >= 0.6 is 0 Å². The zero-order valence-electron chi connectivity index (χ0n) is 12.4. The predicted molar refractivity (Wildman–Crippen MR) is 78.6 cm³/mol. The Balaban J connectivity index is 2.96. The van der Waals surface area contributed by atoms with Crippen molar-refractivity contribution >= 4 is 6.08 Å². The minimum absolute atomic E-state index is 0.666. The average Bonchev–Trinajstić information content (AvgIpc) is 2.34. The molecule has 0 amide bonds. The van der Waals surface area contributed by atoms with Crippen LogP contribution in [0.4, 0.5) is 0 Å². The van der Waals surface area contributed by atoms with Gasteiger partial charge in [-0.15, -0.1) is 0 Å². The molecule has 0 atom stereocenters. The van der Waals surface area contributed by atoms with E-state index in [0.717, 1.165) is 12.3 Å². The number of hydrogen-bond acceptors (Lipinski definition) is 2. The summed E-state index contributed by atoms with van der Waals surface area (Å²) in [5.41, 5.74) is 0. The van der Waals surface area contributed by atoms with Crippen molar-refractivity contribution in [3.8, 4) is 0 Å². The molecule has 0 aliphatic rings. The highest BCUT2D eigenvalue weighted by Crippen LogP contribution is 2.13. The monoisotopic (exact) mass is 253 g/mol. The molecule has 0 N–H and O–H groups in total. The molecule has 0 fully saturated rings. The molecular formula is C16H31NO. The van der Waals surface area contributed by atoms with Crippen LogP contribution in [0.15, 0.2) is 4.99 Å². The van der Waals surface area contributed by atoms with Crippen molar-refractivity contribution in [1.82, 2.24) is 0 Å². The number of unbranched alkanes of at least 4 members (excludes halogenated alkanes) is 9. The Hall–Kier alpha value is -0.620. The van der Waals surface area contributed by atoms with Crippen molar-refractivity contribution in [3.05, 3.63) is 0 Å². The van der Waals surface area contributed by atoms with E-state index in [1.807, 2.05) is 0 Å². The van der Waals surface area contributed by atoms with Gasteiger partial charge in [-0.3, -0.25) is 0 Å². The molecule has 0 aromatic heterocycles. The van der Waals surface area contributed by atoms with E-state index >= 15 is 0 Å². The summed E-state index contributed by atoms with van der Waals surface area (Å²) in [4.78, 5) is 13.4. The topological polar surface area (TPSA) is 29.4 Å². The molecule has 0 heterocycles. The fraction of sp³-hybridized carbons (Fsp3) is 0.938. The van der Waals surface area contributed by atoms with Crippen LogP contribution in [0.2, 0.25) is 0 Å². The number of aliphatic imine (C=N–C) groups is 1. The maximum Gasteiger partial charge on any atom is 0.234 e. The molecule has 2 heteroatoms. The van der Waals surface area contributed by atoms with E-state index in [1.54, 1.807) is 6.08 Å². The zero-order chi connectivity index (χ0) is 13.5. The summed E-state index contributed by atoms with van der Waals surface area (Å²) >= 11 is 0. The van der Waals surface area contributed by atoms with Crippen LogP contribution in [0.3, 0.4) is 0 Å². The quantitative estimate of drug-likeness (QED) is 0.250. The Morgan fingerprint density at radius 3 is 1.67 bits per heavy atom. The van der Waals surface area contributed by atoms with Crippen molar-refractivity contribution in [2.75, 3.05) is 6.54 Å². The van der Waals surface area contributed by atoms with Gasteiger partial charge in [-0.05, 0) is 12.3 Å². The average molecular weight is 253 g/mol. The second-order valence-electron chi connectivity index (χ2n) is 5.69. The highest BCUT2D eigenvalue weighted by atomic mass is 16.1. The maximum absolute atomic E-state index is 9.83. The number of nitrogens with zero attached hydrogens (tertiary/aromatic N) is 1. The normalized spacial score (nSPS) is 10.6. The molecule has 0 saturated carbocycles. The first kappa shape index (κ1) is 17.4. The molecular weight excluding hydrogens is 222 g/mol. The lowest BCUT2D eigenvalue weighted by Gasteiger charge is -2.04. The van der Waals surface area contributed by atoms with Crippen LogP contribution in [0, 0.1) is 5.92 Å². The van der Waals surface area contributed by atoms with Gasteiger partial charge in [0.1, 0.15) is 0 Å². The summed E-state index contributed by atoms with van der Waals surface area (Å²) in [6, 6.07) is 0. The van der Waals surface area contributed by atoms with E-state index in [4.69, 9.17) is 0 Å². The molecule has 2 nitrogen and oxygen atoms in total. The van der Waals surface area contributed by atoms with Crippen LogP contribution in [-0.4, -0.2) is 12.6 Å². The van der Waals surface area contributed by atoms with Crippen molar-refractivity contribution in [2.45, 2.75) is 84.5 Å². The lowest BCUT2D eigenvalue weighted by atomic mass is 10.0. The molecule has 0 spiro atoms. The lowest BCUT2D eigenvalue weighted by Crippen LogP contribution is -1.87. The van der Waals surface area contributed by atoms with Gasteiger partial charge in [0, 0.05) is 0 Å². The second kappa shape index (κ2) is 14.4. The third-order valence-electron chi connectivity index (χ3n) is 3.37. The van der Waals surface area contributed by atoms with Gasteiger partial charge >= 0.3 is 0 Å². The molecule has 18 heavy (non-hydrogen) atoms. The Labute approximate surface area is 113 Å². The number of hydrogen-bond donors (Lipinski definition) is 0. The van der Waals surface area contributed by atoms with Crippen LogP contribution in [0.5, 0.6) is 0 Å². The first-order valence-electron chi connectivity index (χ1n) is 7.81. The first-order valence-corrected chi connectivity index (χ1v) is 7.81. The molecule has 0 aliphatic heterocycles. The van der Waals surface area contributed by atoms with Crippen molar-refractivity contribution in [1.29, 1.82) is 0 Å². The first-order chi connectivity index (χ1) is 8.77. The third kappa shape index (κ3) is 15.4. The number of isocyanates is 1. The standard InChI is InChI=1S/C16H31NO/c1-16(2)13-11-9-7-5-3-4-6-8-10-12-14-17-15-18/h16H,3-14H2,1-2H3. The molecule has 0 rings (SSSR count). The second-order valence-corrected chi connectivity index (χ2v) is 5.69. The summed E-state index contributed by atoms with van der Waals surface area (Å²) in [5, 5.41) is 0. The fourth-order valence-corrected chi connectivity index (χ4v) is 2.20. The van der Waals surface area contributed by atoms with E-state index < -0.39 is 0 Å². The van der Waals surface area contributed by atoms with Crippen LogP contribution in [-0.2, 0) is 4.79 Å². The predicted octanol–water partition coefficient (Wildman–Crippen LogP) is 5.27. The minimum Gasteiger partial charge on any atom is -0.211 e. The highest BCUT2D eigenvalue weighted by Gasteiger charge is 1.95. The van der Waals surface area contributed by atoms with Crippen LogP contribution < -0.4 is 0 Å². The fourth-order valence-electron chi connectivity index (χ4n) is 2.20. The van der Waals surface area contributed by atoms with Crippen molar-refractivity contribution < 1.29 is 4.79 Å². The summed E-state index contributed by atoms with van der Waals surface area (Å²) in [6.07, 6.45) is 16.3. The van der Waals surface area contributed by atoms with Gasteiger partial charge < -0.3 is 0 Å². The van der Waals surface area contributed by atoms with Gasteiger partial charge in [-0.1, -0.05) is 78.1 Å². The Bertz CT molecular complexity index is 207. The van der Waals surface area contributed by atoms with Crippen LogP contribution in [0.25, 0.3) is 0 Å². The molecule has 0 saturated heterocycles. The molecule has 0 bridgehead atoms. The largest absolute Gasteiger partial charge is 0.234 e. The number of carbonyl (C=O) groups excluding carboxylic acids is 1. The molecule has 0 unspecified atom stereocenters. The Morgan fingerprint density at radius 1 is 0.778 bits per heavy atom. The van der Waals surface area contributed by atoms with E-state index in [-0.39, 0.29) is 0 Å². The third-order valence-corrected chi connectivity index (χ3v) is 3.37. The minimum atomic E-state index is 0.666. The molecule has 106 valence electrons. The number of rotatable bonds is 13. The SMILES string of the molecule is CC(C)CCCCCCCCCCCCN=C=O. The maximum atomic E-state index is 9.83. The molecule has 0 aliphatic carbocycles. The van der Waals surface area contributed by atoms with Gasteiger partial charge in [-0.2, -0.15) is 0 Å².